The van der Waals surface area contributed by atoms with E-state index < -0.39 is 21.7 Å². The van der Waals surface area contributed by atoms with Crippen LogP contribution in [0.5, 0.6) is 0 Å². The van der Waals surface area contributed by atoms with Crippen molar-refractivity contribution >= 4 is 33.2 Å². The standard InChI is InChI=1S/C20H16ClFN2O3S/c21-16-5-1-3-14(11-16)13-23-20(25)15-4-2-6-19(12-15)28(26,27)24-18-9-7-17(22)8-10-18/h1-12,24H,13H2,(H,23,25). The van der Waals surface area contributed by atoms with E-state index in [9.17, 15) is 17.6 Å². The molecule has 28 heavy (non-hydrogen) atoms. The first-order valence-corrected chi connectivity index (χ1v) is 10.1. The number of hydrogen-bond acceptors (Lipinski definition) is 3. The summed E-state index contributed by atoms with van der Waals surface area (Å²) in [7, 11) is -3.92. The second-order valence-corrected chi connectivity index (χ2v) is 8.07. The third-order valence-corrected chi connectivity index (χ3v) is 5.46. The first-order chi connectivity index (χ1) is 13.3. The number of halogens is 2. The SMILES string of the molecule is O=C(NCc1cccc(Cl)c1)c1cccc(S(=O)(=O)Nc2ccc(F)cc2)c1. The van der Waals surface area contributed by atoms with Gasteiger partial charge in [-0.2, -0.15) is 0 Å². The second-order valence-electron chi connectivity index (χ2n) is 5.95. The lowest BCUT2D eigenvalue weighted by molar-refractivity contribution is 0.0950. The van der Waals surface area contributed by atoms with Crippen LogP contribution in [-0.4, -0.2) is 14.3 Å². The maximum Gasteiger partial charge on any atom is 0.261 e. The van der Waals surface area contributed by atoms with Gasteiger partial charge in [-0.1, -0.05) is 29.8 Å². The number of sulfonamides is 1. The number of hydrogen-bond donors (Lipinski definition) is 2. The minimum Gasteiger partial charge on any atom is -0.348 e. The minimum atomic E-state index is -3.92. The van der Waals surface area contributed by atoms with Gasteiger partial charge in [-0.05, 0) is 60.2 Å². The van der Waals surface area contributed by atoms with Gasteiger partial charge >= 0.3 is 0 Å². The molecule has 0 radical (unpaired) electrons. The van der Waals surface area contributed by atoms with E-state index in [1.54, 1.807) is 18.2 Å². The molecular formula is C20H16ClFN2O3S. The Kier molecular flexibility index (Phi) is 5.96. The van der Waals surface area contributed by atoms with Crippen molar-refractivity contribution in [3.8, 4) is 0 Å². The largest absolute Gasteiger partial charge is 0.348 e. The molecule has 0 atom stereocenters. The molecule has 3 aromatic carbocycles. The molecule has 3 aromatic rings. The monoisotopic (exact) mass is 418 g/mol. The Bertz CT molecular complexity index is 1100. The van der Waals surface area contributed by atoms with Gasteiger partial charge in [0.15, 0.2) is 0 Å². The van der Waals surface area contributed by atoms with Gasteiger partial charge in [-0.15, -0.1) is 0 Å². The fourth-order valence-electron chi connectivity index (χ4n) is 2.47. The molecule has 0 unspecified atom stereocenters. The zero-order valence-corrected chi connectivity index (χ0v) is 16.1. The highest BCUT2D eigenvalue weighted by atomic mass is 35.5. The van der Waals surface area contributed by atoms with E-state index in [2.05, 4.69) is 10.0 Å². The topological polar surface area (TPSA) is 75.3 Å². The van der Waals surface area contributed by atoms with Crippen LogP contribution in [0.2, 0.25) is 5.02 Å². The van der Waals surface area contributed by atoms with Crippen LogP contribution in [0.25, 0.3) is 0 Å². The van der Waals surface area contributed by atoms with Gasteiger partial charge in [0, 0.05) is 22.8 Å². The van der Waals surface area contributed by atoms with E-state index in [4.69, 9.17) is 11.6 Å². The Balaban J connectivity index is 1.73. The lowest BCUT2D eigenvalue weighted by Gasteiger charge is -2.10. The molecule has 144 valence electrons. The molecule has 3 rings (SSSR count). The summed E-state index contributed by atoms with van der Waals surface area (Å²) in [5.41, 5.74) is 1.24. The predicted molar refractivity (Wildman–Crippen MR) is 106 cm³/mol. The molecule has 1 amide bonds. The third kappa shape index (κ3) is 5.09. The van der Waals surface area contributed by atoms with Crippen LogP contribution in [0.4, 0.5) is 10.1 Å². The fraction of sp³-hybridized carbons (Fsp3) is 0.0500. The van der Waals surface area contributed by atoms with E-state index in [1.807, 2.05) is 6.07 Å². The summed E-state index contributed by atoms with van der Waals surface area (Å²) in [5, 5.41) is 3.28. The van der Waals surface area contributed by atoms with Crippen molar-refractivity contribution in [3.05, 3.63) is 94.8 Å². The molecule has 0 aliphatic heterocycles. The Labute approximate surface area is 167 Å². The first kappa shape index (κ1) is 19.9. The molecule has 0 aliphatic rings. The minimum absolute atomic E-state index is 0.0766. The summed E-state index contributed by atoms with van der Waals surface area (Å²) >= 11 is 5.92. The lowest BCUT2D eigenvalue weighted by Crippen LogP contribution is -2.23. The molecule has 0 fully saturated rings. The molecule has 0 heterocycles. The van der Waals surface area contributed by atoms with Crippen LogP contribution in [0.1, 0.15) is 15.9 Å². The molecule has 0 aromatic heterocycles. The van der Waals surface area contributed by atoms with Gasteiger partial charge in [-0.3, -0.25) is 9.52 Å². The number of anilines is 1. The first-order valence-electron chi connectivity index (χ1n) is 8.24. The number of benzene rings is 3. The molecule has 0 saturated heterocycles. The highest BCUT2D eigenvalue weighted by Gasteiger charge is 2.16. The maximum atomic E-state index is 13.0. The molecule has 8 heteroatoms. The number of nitrogens with one attached hydrogen (secondary N) is 2. The highest BCUT2D eigenvalue weighted by Crippen LogP contribution is 2.18. The van der Waals surface area contributed by atoms with E-state index >= 15 is 0 Å². The van der Waals surface area contributed by atoms with Crippen molar-refractivity contribution in [2.45, 2.75) is 11.4 Å². The molecule has 5 nitrogen and oxygen atoms in total. The van der Waals surface area contributed by atoms with Gasteiger partial charge < -0.3 is 5.32 Å². The molecule has 2 N–H and O–H groups in total. The van der Waals surface area contributed by atoms with Crippen LogP contribution in [-0.2, 0) is 16.6 Å². The molecular weight excluding hydrogens is 403 g/mol. The average molecular weight is 419 g/mol. The van der Waals surface area contributed by atoms with Crippen molar-refractivity contribution < 1.29 is 17.6 Å². The molecule has 0 saturated carbocycles. The zero-order valence-electron chi connectivity index (χ0n) is 14.5. The Morgan fingerprint density at radius 1 is 0.964 bits per heavy atom. The lowest BCUT2D eigenvalue weighted by atomic mass is 10.2. The van der Waals surface area contributed by atoms with Crippen LogP contribution in [0, 0.1) is 5.82 Å². The van der Waals surface area contributed by atoms with Crippen LogP contribution in [0.3, 0.4) is 0 Å². The van der Waals surface area contributed by atoms with E-state index in [0.29, 0.717) is 5.02 Å². The van der Waals surface area contributed by atoms with Crippen molar-refractivity contribution in [1.82, 2.24) is 5.32 Å². The van der Waals surface area contributed by atoms with E-state index in [1.165, 1.54) is 36.4 Å². The quantitative estimate of drug-likeness (QED) is 0.629. The zero-order chi connectivity index (χ0) is 20.1. The molecule has 0 aliphatic carbocycles. The second kappa shape index (κ2) is 8.41. The summed E-state index contributed by atoms with van der Waals surface area (Å²) in [6.45, 7) is 0.254. The van der Waals surface area contributed by atoms with Gasteiger partial charge in [0.2, 0.25) is 0 Å². The third-order valence-electron chi connectivity index (χ3n) is 3.85. The fourth-order valence-corrected chi connectivity index (χ4v) is 3.78. The summed E-state index contributed by atoms with van der Waals surface area (Å²) in [5.74, 6) is -0.889. The molecule has 0 bridgehead atoms. The number of rotatable bonds is 6. The average Bonchev–Trinajstić information content (AvgIpc) is 2.68. The van der Waals surface area contributed by atoms with Crippen LogP contribution < -0.4 is 10.0 Å². The predicted octanol–water partition coefficient (Wildman–Crippen LogP) is 4.21. The van der Waals surface area contributed by atoms with Gasteiger partial charge in [0.1, 0.15) is 5.82 Å². The maximum absolute atomic E-state index is 13.0. The number of carbonyl (C=O) groups excluding carboxylic acids is 1. The van der Waals surface area contributed by atoms with Crippen molar-refractivity contribution in [3.63, 3.8) is 0 Å². The Morgan fingerprint density at radius 2 is 1.68 bits per heavy atom. The van der Waals surface area contributed by atoms with Crippen molar-refractivity contribution in [2.75, 3.05) is 4.72 Å². The van der Waals surface area contributed by atoms with E-state index in [0.717, 1.165) is 17.7 Å². The van der Waals surface area contributed by atoms with Crippen molar-refractivity contribution in [2.24, 2.45) is 0 Å². The summed E-state index contributed by atoms with van der Waals surface area (Å²) < 4.78 is 40.4. The Morgan fingerprint density at radius 3 is 2.39 bits per heavy atom. The molecule has 0 spiro atoms. The highest BCUT2D eigenvalue weighted by molar-refractivity contribution is 7.92. The number of amides is 1. The Hall–Kier alpha value is -2.90. The van der Waals surface area contributed by atoms with Crippen LogP contribution >= 0.6 is 11.6 Å². The van der Waals surface area contributed by atoms with Crippen molar-refractivity contribution in [1.29, 1.82) is 0 Å². The normalized spacial score (nSPS) is 11.1. The van der Waals surface area contributed by atoms with Crippen LogP contribution in [0.15, 0.2) is 77.7 Å². The smallest absolute Gasteiger partial charge is 0.261 e. The summed E-state index contributed by atoms with van der Waals surface area (Å²) in [4.78, 5) is 12.3. The van der Waals surface area contributed by atoms with Gasteiger partial charge in [0.05, 0.1) is 4.90 Å². The summed E-state index contributed by atoms with van der Waals surface area (Å²) in [6.07, 6.45) is 0. The van der Waals surface area contributed by atoms with Gasteiger partial charge in [0.25, 0.3) is 15.9 Å². The summed E-state index contributed by atoms with van der Waals surface area (Å²) in [6, 6.07) is 17.6. The van der Waals surface area contributed by atoms with Gasteiger partial charge in [-0.25, -0.2) is 12.8 Å². The number of carbonyl (C=O) groups is 1. The van der Waals surface area contributed by atoms with E-state index in [-0.39, 0.29) is 22.7 Å².